The second kappa shape index (κ2) is 44.6. The average Bonchev–Trinajstić information content (AvgIpc) is 3.19. The van der Waals surface area contributed by atoms with Crippen molar-refractivity contribution < 1.29 is 28.6 Å². The molecule has 0 saturated carbocycles. The van der Waals surface area contributed by atoms with Crippen molar-refractivity contribution in [2.24, 2.45) is 0 Å². The average molecular weight is 781 g/mol. The van der Waals surface area contributed by atoms with Crippen LogP contribution >= 0.6 is 0 Å². The van der Waals surface area contributed by atoms with Crippen molar-refractivity contribution in [1.82, 2.24) is 0 Å². The first kappa shape index (κ1) is 52.9. The Morgan fingerprint density at radius 1 is 0.375 bits per heavy atom. The number of carbonyl (C=O) groups excluding carboxylic acids is 3. The SMILES string of the molecule is CC/C=C\C/C=C\CCCCCCCC(=O)OC(COC(=O)CCCC/C=C\C/C=C\CC)COC(=O)CCCCCCCCC/C=C\C/C=C\CCCCC. The highest BCUT2D eigenvalue weighted by Crippen LogP contribution is 2.13. The second-order valence-electron chi connectivity index (χ2n) is 14.9. The van der Waals surface area contributed by atoms with E-state index in [2.05, 4.69) is 93.7 Å². The third-order valence-corrected chi connectivity index (χ3v) is 9.43. The molecule has 6 nitrogen and oxygen atoms in total. The number of allylic oxidation sites excluding steroid dienone is 12. The molecular formula is C50H84O6. The molecule has 6 heteroatoms. The molecule has 0 aliphatic heterocycles. The molecule has 0 bridgehead atoms. The van der Waals surface area contributed by atoms with Crippen LogP contribution in [0.4, 0.5) is 0 Å². The molecule has 0 fully saturated rings. The number of hydrogen-bond acceptors (Lipinski definition) is 6. The highest BCUT2D eigenvalue weighted by molar-refractivity contribution is 5.71. The molecule has 320 valence electrons. The Kier molecular flexibility index (Phi) is 42.1. The van der Waals surface area contributed by atoms with Gasteiger partial charge in [-0.15, -0.1) is 0 Å². The van der Waals surface area contributed by atoms with Crippen molar-refractivity contribution in [1.29, 1.82) is 0 Å². The van der Waals surface area contributed by atoms with Crippen molar-refractivity contribution in [3.8, 4) is 0 Å². The molecule has 0 aliphatic carbocycles. The molecule has 0 radical (unpaired) electrons. The third kappa shape index (κ3) is 42.0. The Balaban J connectivity index is 4.38. The van der Waals surface area contributed by atoms with Gasteiger partial charge in [-0.3, -0.25) is 14.4 Å². The van der Waals surface area contributed by atoms with E-state index in [0.29, 0.717) is 19.3 Å². The van der Waals surface area contributed by atoms with E-state index in [0.717, 1.165) is 116 Å². The normalized spacial score (nSPS) is 12.7. The molecule has 0 amide bonds. The molecular weight excluding hydrogens is 697 g/mol. The summed E-state index contributed by atoms with van der Waals surface area (Å²) in [5.41, 5.74) is 0. The molecule has 0 aromatic heterocycles. The van der Waals surface area contributed by atoms with Crippen molar-refractivity contribution in [3.05, 3.63) is 72.9 Å². The standard InChI is InChI=1S/C50H84O6/c1-4-7-10-13-16-19-21-23-24-25-26-27-29-31-34-37-40-43-49(52)55-46-47(45-54-48(51)42-39-36-33-30-18-15-12-9-6-3)56-50(53)44-41-38-35-32-28-22-20-17-14-11-8-5-2/h8-9,11-12,16-20,23-24,30,47H,4-7,10,13-15,21-22,25-29,31-46H2,1-3H3/b11-8-,12-9-,19-16-,20-17-,24-23-,30-18-. The highest BCUT2D eigenvalue weighted by Gasteiger charge is 2.19. The molecule has 1 atom stereocenters. The van der Waals surface area contributed by atoms with Crippen LogP contribution in [-0.2, 0) is 28.6 Å². The maximum absolute atomic E-state index is 12.7. The maximum Gasteiger partial charge on any atom is 0.306 e. The molecule has 0 spiro atoms. The van der Waals surface area contributed by atoms with E-state index in [1.165, 1.54) is 51.4 Å². The van der Waals surface area contributed by atoms with Crippen LogP contribution in [0.3, 0.4) is 0 Å². The molecule has 56 heavy (non-hydrogen) atoms. The Bertz CT molecular complexity index is 1080. The van der Waals surface area contributed by atoms with E-state index in [1.54, 1.807) is 0 Å². The summed E-state index contributed by atoms with van der Waals surface area (Å²) < 4.78 is 16.6. The summed E-state index contributed by atoms with van der Waals surface area (Å²) in [6, 6.07) is 0. The lowest BCUT2D eigenvalue weighted by Crippen LogP contribution is -2.30. The van der Waals surface area contributed by atoms with Gasteiger partial charge < -0.3 is 14.2 Å². The van der Waals surface area contributed by atoms with Crippen LogP contribution in [0.2, 0.25) is 0 Å². The molecule has 0 aromatic rings. The number of hydrogen-bond donors (Lipinski definition) is 0. The smallest absolute Gasteiger partial charge is 0.306 e. The Labute approximate surface area is 344 Å². The van der Waals surface area contributed by atoms with Crippen LogP contribution in [0.5, 0.6) is 0 Å². The number of esters is 3. The van der Waals surface area contributed by atoms with Crippen molar-refractivity contribution in [2.75, 3.05) is 13.2 Å². The van der Waals surface area contributed by atoms with E-state index in [9.17, 15) is 14.4 Å². The van der Waals surface area contributed by atoms with E-state index in [-0.39, 0.29) is 31.1 Å². The van der Waals surface area contributed by atoms with Gasteiger partial charge in [0.2, 0.25) is 0 Å². The zero-order valence-corrected chi connectivity index (χ0v) is 36.4. The van der Waals surface area contributed by atoms with Gasteiger partial charge in [-0.25, -0.2) is 0 Å². The number of rotatable bonds is 40. The van der Waals surface area contributed by atoms with Gasteiger partial charge in [-0.2, -0.15) is 0 Å². The summed E-state index contributed by atoms with van der Waals surface area (Å²) in [6.07, 6.45) is 54.7. The highest BCUT2D eigenvalue weighted by atomic mass is 16.6. The van der Waals surface area contributed by atoms with Gasteiger partial charge in [0.25, 0.3) is 0 Å². The summed E-state index contributed by atoms with van der Waals surface area (Å²) in [5.74, 6) is -0.963. The molecule has 0 rings (SSSR count). The number of ether oxygens (including phenoxy) is 3. The summed E-state index contributed by atoms with van der Waals surface area (Å²) in [5, 5.41) is 0. The first-order valence-electron chi connectivity index (χ1n) is 22.9. The van der Waals surface area contributed by atoms with Gasteiger partial charge in [0.15, 0.2) is 6.10 Å². The van der Waals surface area contributed by atoms with Crippen LogP contribution in [-0.4, -0.2) is 37.2 Å². The summed E-state index contributed by atoms with van der Waals surface area (Å²) in [7, 11) is 0. The first-order chi connectivity index (χ1) is 27.5. The zero-order chi connectivity index (χ0) is 40.8. The maximum atomic E-state index is 12.7. The van der Waals surface area contributed by atoms with Crippen LogP contribution in [0.15, 0.2) is 72.9 Å². The number of carbonyl (C=O) groups is 3. The minimum absolute atomic E-state index is 0.0967. The van der Waals surface area contributed by atoms with E-state index < -0.39 is 6.10 Å². The van der Waals surface area contributed by atoms with Gasteiger partial charge in [-0.05, 0) is 103 Å². The summed E-state index contributed by atoms with van der Waals surface area (Å²) >= 11 is 0. The van der Waals surface area contributed by atoms with Gasteiger partial charge in [0.05, 0.1) is 0 Å². The predicted molar refractivity (Wildman–Crippen MR) is 238 cm³/mol. The van der Waals surface area contributed by atoms with E-state index >= 15 is 0 Å². The van der Waals surface area contributed by atoms with Crippen LogP contribution in [0.1, 0.15) is 207 Å². The van der Waals surface area contributed by atoms with Crippen molar-refractivity contribution >= 4 is 17.9 Å². The topological polar surface area (TPSA) is 78.9 Å². The second-order valence-corrected chi connectivity index (χ2v) is 14.9. The fraction of sp³-hybridized carbons (Fsp3) is 0.700. The monoisotopic (exact) mass is 781 g/mol. The predicted octanol–water partition coefficient (Wildman–Crippen LogP) is 14.7. The van der Waals surface area contributed by atoms with Gasteiger partial charge in [0.1, 0.15) is 13.2 Å². The van der Waals surface area contributed by atoms with Gasteiger partial charge in [-0.1, -0.05) is 158 Å². The molecule has 0 N–H and O–H groups in total. The lowest BCUT2D eigenvalue weighted by atomic mass is 10.1. The van der Waals surface area contributed by atoms with E-state index in [1.807, 2.05) is 0 Å². The summed E-state index contributed by atoms with van der Waals surface area (Å²) in [6.45, 7) is 6.31. The lowest BCUT2D eigenvalue weighted by Gasteiger charge is -2.18. The van der Waals surface area contributed by atoms with E-state index in [4.69, 9.17) is 14.2 Å². The molecule has 0 saturated heterocycles. The minimum atomic E-state index is -0.796. The van der Waals surface area contributed by atoms with Crippen molar-refractivity contribution in [2.45, 2.75) is 213 Å². The largest absolute Gasteiger partial charge is 0.462 e. The fourth-order valence-electron chi connectivity index (χ4n) is 6.02. The first-order valence-corrected chi connectivity index (χ1v) is 22.9. The molecule has 1 unspecified atom stereocenters. The number of unbranched alkanes of at least 4 members (excludes halogenated alkanes) is 17. The zero-order valence-electron chi connectivity index (χ0n) is 36.4. The summed E-state index contributed by atoms with van der Waals surface area (Å²) in [4.78, 5) is 37.7. The fourth-order valence-corrected chi connectivity index (χ4v) is 6.02. The van der Waals surface area contributed by atoms with Crippen LogP contribution in [0, 0.1) is 0 Å². The van der Waals surface area contributed by atoms with Crippen LogP contribution in [0.25, 0.3) is 0 Å². The Morgan fingerprint density at radius 3 is 1.11 bits per heavy atom. The minimum Gasteiger partial charge on any atom is -0.462 e. The molecule has 0 aliphatic rings. The molecule has 0 heterocycles. The van der Waals surface area contributed by atoms with Gasteiger partial charge in [0, 0.05) is 19.3 Å². The van der Waals surface area contributed by atoms with Gasteiger partial charge >= 0.3 is 17.9 Å². The quantitative estimate of drug-likeness (QED) is 0.0267. The Hall–Kier alpha value is -3.15. The van der Waals surface area contributed by atoms with Crippen LogP contribution < -0.4 is 0 Å². The molecule has 0 aromatic carbocycles. The van der Waals surface area contributed by atoms with Crippen molar-refractivity contribution in [3.63, 3.8) is 0 Å². The Morgan fingerprint density at radius 2 is 0.696 bits per heavy atom. The lowest BCUT2D eigenvalue weighted by molar-refractivity contribution is -0.167. The third-order valence-electron chi connectivity index (χ3n) is 9.43.